The van der Waals surface area contributed by atoms with E-state index in [0.29, 0.717) is 29.3 Å². The van der Waals surface area contributed by atoms with Crippen LogP contribution in [-0.4, -0.2) is 73.2 Å². The van der Waals surface area contributed by atoms with Crippen LogP contribution >= 0.6 is 11.8 Å². The largest absolute Gasteiger partial charge is 0.480 e. The molecule has 0 aliphatic carbocycles. The Balaban J connectivity index is 1.58. The minimum Gasteiger partial charge on any atom is -0.480 e. The topological polar surface area (TPSA) is 190 Å². The number of anilines is 1. The number of carbonyl (C=O) groups is 1. The number of hydrogen-bond donors (Lipinski definition) is 5. The van der Waals surface area contributed by atoms with E-state index in [1.807, 2.05) is 0 Å². The SMILES string of the molecule is Nc1ncnc2c1N=NC2[C@@H]1O[C@H](CSCCC(N)C(=O)O)[C@@H](O)[C@H]1O. The number of aromatic nitrogens is 2. The normalized spacial score (nSPS) is 31.1. The minimum absolute atomic E-state index is 0.191. The van der Waals surface area contributed by atoms with Crippen molar-refractivity contribution in [2.45, 2.75) is 42.9 Å². The Labute approximate surface area is 152 Å². The van der Waals surface area contributed by atoms with Crippen molar-refractivity contribution in [1.82, 2.24) is 9.97 Å². The van der Waals surface area contributed by atoms with Gasteiger partial charge in [0, 0.05) is 5.75 Å². The number of nitrogen functional groups attached to an aromatic ring is 1. The second kappa shape index (κ2) is 7.80. The molecule has 1 saturated heterocycles. The number of ether oxygens (including phenoxy) is 1. The monoisotopic (exact) mass is 384 g/mol. The molecule has 7 N–H and O–H groups in total. The van der Waals surface area contributed by atoms with Crippen LogP contribution in [0.4, 0.5) is 11.5 Å². The first-order valence-corrected chi connectivity index (χ1v) is 9.14. The molecule has 3 heterocycles. The molecule has 11 nitrogen and oxygen atoms in total. The molecule has 0 radical (unpaired) electrons. The van der Waals surface area contributed by atoms with Crippen molar-refractivity contribution >= 4 is 29.2 Å². The van der Waals surface area contributed by atoms with E-state index in [2.05, 4.69) is 20.2 Å². The van der Waals surface area contributed by atoms with Crippen LogP contribution in [0.1, 0.15) is 18.2 Å². The predicted octanol–water partition coefficient (Wildman–Crippen LogP) is -0.778. The number of aliphatic carboxylic acids is 1. The van der Waals surface area contributed by atoms with Gasteiger partial charge in [0.25, 0.3) is 0 Å². The number of hydrogen-bond acceptors (Lipinski definition) is 11. The Hall–Kier alpha value is -1.86. The van der Waals surface area contributed by atoms with Crippen LogP contribution in [0.5, 0.6) is 0 Å². The Bertz CT molecular complexity index is 706. The van der Waals surface area contributed by atoms with E-state index in [1.54, 1.807) is 0 Å². The molecule has 1 aromatic rings. The molecule has 0 aromatic carbocycles. The smallest absolute Gasteiger partial charge is 0.320 e. The molecule has 1 fully saturated rings. The molecule has 26 heavy (non-hydrogen) atoms. The quantitative estimate of drug-likeness (QED) is 0.373. The highest BCUT2D eigenvalue weighted by atomic mass is 32.2. The van der Waals surface area contributed by atoms with Crippen LogP contribution in [0.2, 0.25) is 0 Å². The number of carboxylic acid groups (broad SMARTS) is 1. The third-order valence-electron chi connectivity index (χ3n) is 4.32. The molecule has 12 heteroatoms. The first-order chi connectivity index (χ1) is 12.4. The molecule has 0 amide bonds. The first-order valence-electron chi connectivity index (χ1n) is 7.99. The van der Waals surface area contributed by atoms with Gasteiger partial charge >= 0.3 is 5.97 Å². The summed E-state index contributed by atoms with van der Waals surface area (Å²) in [5.41, 5.74) is 12.0. The summed E-state index contributed by atoms with van der Waals surface area (Å²) in [7, 11) is 0. The van der Waals surface area contributed by atoms with Crippen LogP contribution in [0.15, 0.2) is 16.6 Å². The number of aliphatic hydroxyl groups is 2. The molecule has 142 valence electrons. The van der Waals surface area contributed by atoms with Crippen molar-refractivity contribution in [2.75, 3.05) is 17.2 Å². The van der Waals surface area contributed by atoms with E-state index in [-0.39, 0.29) is 5.82 Å². The van der Waals surface area contributed by atoms with Gasteiger partial charge in [0.2, 0.25) is 0 Å². The lowest BCUT2D eigenvalue weighted by Gasteiger charge is -2.18. The van der Waals surface area contributed by atoms with Gasteiger partial charge in [0.15, 0.2) is 11.5 Å². The van der Waals surface area contributed by atoms with Crippen LogP contribution < -0.4 is 11.5 Å². The van der Waals surface area contributed by atoms with E-state index in [9.17, 15) is 15.0 Å². The summed E-state index contributed by atoms with van der Waals surface area (Å²) in [6.45, 7) is 0. The second-order valence-electron chi connectivity index (χ2n) is 6.08. The fourth-order valence-electron chi connectivity index (χ4n) is 2.83. The van der Waals surface area contributed by atoms with Gasteiger partial charge < -0.3 is 31.5 Å². The zero-order chi connectivity index (χ0) is 18.8. The average molecular weight is 384 g/mol. The molecule has 6 atom stereocenters. The van der Waals surface area contributed by atoms with Crippen LogP contribution in [0.3, 0.4) is 0 Å². The highest BCUT2D eigenvalue weighted by Crippen LogP contribution is 2.43. The van der Waals surface area contributed by atoms with Crippen molar-refractivity contribution in [3.63, 3.8) is 0 Å². The molecule has 0 saturated carbocycles. The average Bonchev–Trinajstić information content (AvgIpc) is 3.15. The van der Waals surface area contributed by atoms with Gasteiger partial charge in [-0.25, -0.2) is 9.97 Å². The lowest BCUT2D eigenvalue weighted by atomic mass is 10.0. The molecule has 2 aliphatic rings. The molecule has 2 aliphatic heterocycles. The highest BCUT2D eigenvalue weighted by Gasteiger charge is 2.49. The summed E-state index contributed by atoms with van der Waals surface area (Å²) in [5.74, 6) is 0.0150. The second-order valence-corrected chi connectivity index (χ2v) is 7.23. The van der Waals surface area contributed by atoms with E-state index < -0.39 is 42.5 Å². The van der Waals surface area contributed by atoms with Crippen molar-refractivity contribution in [2.24, 2.45) is 16.0 Å². The lowest BCUT2D eigenvalue weighted by molar-refractivity contribution is -0.138. The zero-order valence-electron chi connectivity index (χ0n) is 13.7. The van der Waals surface area contributed by atoms with Gasteiger partial charge in [-0.3, -0.25) is 4.79 Å². The maximum atomic E-state index is 10.7. The third kappa shape index (κ3) is 3.64. The Morgan fingerprint density at radius 1 is 1.35 bits per heavy atom. The summed E-state index contributed by atoms with van der Waals surface area (Å²) in [6.07, 6.45) is -2.11. The zero-order valence-corrected chi connectivity index (χ0v) is 14.5. The van der Waals surface area contributed by atoms with Crippen LogP contribution in [-0.2, 0) is 9.53 Å². The first kappa shape index (κ1) is 18.9. The van der Waals surface area contributed by atoms with Gasteiger partial charge in [0.05, 0.1) is 6.10 Å². The summed E-state index contributed by atoms with van der Waals surface area (Å²) >= 11 is 1.40. The fraction of sp³-hybridized carbons (Fsp3) is 0.643. The third-order valence-corrected chi connectivity index (χ3v) is 5.41. The summed E-state index contributed by atoms with van der Waals surface area (Å²) in [5, 5.41) is 37.4. The molecule has 2 unspecified atom stereocenters. The van der Waals surface area contributed by atoms with E-state index in [0.717, 1.165) is 0 Å². The number of thioether (sulfide) groups is 1. The lowest BCUT2D eigenvalue weighted by Crippen LogP contribution is -2.35. The fourth-order valence-corrected chi connectivity index (χ4v) is 3.93. The van der Waals surface area contributed by atoms with E-state index in [4.69, 9.17) is 21.3 Å². The summed E-state index contributed by atoms with van der Waals surface area (Å²) in [6, 6.07) is -1.59. The maximum Gasteiger partial charge on any atom is 0.320 e. The molecule has 0 bridgehead atoms. The number of fused-ring (bicyclic) bond motifs is 1. The number of carboxylic acids is 1. The number of aliphatic hydroxyl groups excluding tert-OH is 2. The van der Waals surface area contributed by atoms with Crippen LogP contribution in [0.25, 0.3) is 0 Å². The van der Waals surface area contributed by atoms with Crippen molar-refractivity contribution in [3.8, 4) is 0 Å². The van der Waals surface area contributed by atoms with Gasteiger partial charge in [-0.05, 0) is 12.2 Å². The predicted molar refractivity (Wildman–Crippen MR) is 91.9 cm³/mol. The van der Waals surface area contributed by atoms with Gasteiger partial charge in [-0.1, -0.05) is 0 Å². The number of nitrogens with two attached hydrogens (primary N) is 2. The van der Waals surface area contributed by atoms with Crippen molar-refractivity contribution in [1.29, 1.82) is 0 Å². The number of rotatable bonds is 7. The molecular weight excluding hydrogens is 364 g/mol. The standard InChI is InChI=1S/C14H20N6O5S/c15-5(14(23)24)1-2-26-3-6-10(21)11(22)12(25-6)8-7-9(20-19-8)13(16)18-4-17-7/h4-6,8,10-12,21-22H,1-3,15H2,(H,23,24)(H2,16,17,18)/t5?,6-,8?,10-,11-,12+/m1/s1. The Morgan fingerprint density at radius 2 is 2.12 bits per heavy atom. The minimum atomic E-state index is -1.16. The maximum absolute atomic E-state index is 10.7. The van der Waals surface area contributed by atoms with Crippen LogP contribution in [0, 0.1) is 0 Å². The molecule has 3 rings (SSSR count). The molecular formula is C14H20N6O5S. The van der Waals surface area contributed by atoms with E-state index in [1.165, 1.54) is 18.1 Å². The molecule has 0 spiro atoms. The summed E-state index contributed by atoms with van der Waals surface area (Å²) < 4.78 is 5.80. The van der Waals surface area contributed by atoms with Crippen molar-refractivity contribution in [3.05, 3.63) is 12.0 Å². The van der Waals surface area contributed by atoms with Crippen molar-refractivity contribution < 1.29 is 24.9 Å². The van der Waals surface area contributed by atoms with Gasteiger partial charge in [-0.2, -0.15) is 16.9 Å². The highest BCUT2D eigenvalue weighted by molar-refractivity contribution is 7.99. The Morgan fingerprint density at radius 3 is 2.85 bits per heavy atom. The van der Waals surface area contributed by atoms with E-state index >= 15 is 0 Å². The number of nitrogens with zero attached hydrogens (tertiary/aromatic N) is 4. The Kier molecular flexibility index (Phi) is 5.67. The van der Waals surface area contributed by atoms with Gasteiger partial charge in [0.1, 0.15) is 42.4 Å². The van der Waals surface area contributed by atoms with Gasteiger partial charge in [-0.15, -0.1) is 5.11 Å². The number of azo groups is 1. The summed E-state index contributed by atoms with van der Waals surface area (Å²) in [4.78, 5) is 18.6. The molecule has 1 aromatic heterocycles.